The highest BCUT2D eigenvalue weighted by molar-refractivity contribution is 7.92. The maximum atomic E-state index is 13.5. The van der Waals surface area contributed by atoms with Crippen LogP contribution < -0.4 is 5.73 Å². The molecule has 6 heteroatoms. The molecule has 4 nitrogen and oxygen atoms in total. The fourth-order valence-corrected chi connectivity index (χ4v) is 5.57. The van der Waals surface area contributed by atoms with Gasteiger partial charge in [-0.15, -0.1) is 0 Å². The van der Waals surface area contributed by atoms with Crippen LogP contribution in [0.4, 0.5) is 4.39 Å². The lowest BCUT2D eigenvalue weighted by molar-refractivity contribution is 0.171. The van der Waals surface area contributed by atoms with Gasteiger partial charge in [-0.2, -0.15) is 0 Å². The molecule has 1 aliphatic rings. The van der Waals surface area contributed by atoms with Crippen LogP contribution in [0, 0.1) is 5.82 Å². The highest BCUT2D eigenvalue weighted by Crippen LogP contribution is 2.55. The van der Waals surface area contributed by atoms with Gasteiger partial charge in [0.25, 0.3) is 0 Å². The molecular formula is C17H18FNO3S. The molecule has 2 aromatic carbocycles. The fraction of sp³-hybridized carbons (Fsp3) is 0.294. The van der Waals surface area contributed by atoms with Crippen molar-refractivity contribution in [3.63, 3.8) is 0 Å². The number of halogens is 1. The monoisotopic (exact) mass is 335 g/mol. The van der Waals surface area contributed by atoms with Crippen molar-refractivity contribution in [2.45, 2.75) is 21.6 Å². The van der Waals surface area contributed by atoms with E-state index in [-0.39, 0.29) is 11.5 Å². The minimum absolute atomic E-state index is 0.0882. The molecule has 0 heterocycles. The summed E-state index contributed by atoms with van der Waals surface area (Å²) < 4.78 is 44.5. The van der Waals surface area contributed by atoms with Gasteiger partial charge in [0.15, 0.2) is 9.84 Å². The van der Waals surface area contributed by atoms with Gasteiger partial charge < -0.3 is 10.5 Å². The van der Waals surface area contributed by atoms with Crippen molar-refractivity contribution in [1.29, 1.82) is 0 Å². The lowest BCUT2D eigenvalue weighted by atomic mass is 10.1. The van der Waals surface area contributed by atoms with E-state index >= 15 is 0 Å². The first-order chi connectivity index (χ1) is 10.9. The zero-order valence-corrected chi connectivity index (χ0v) is 13.5. The maximum Gasteiger partial charge on any atom is 0.183 e. The topological polar surface area (TPSA) is 69.4 Å². The second-order valence-corrected chi connectivity index (χ2v) is 7.93. The molecule has 1 fully saturated rings. The lowest BCUT2D eigenvalue weighted by Crippen LogP contribution is -2.35. The van der Waals surface area contributed by atoms with Crippen LogP contribution in [-0.2, 0) is 14.6 Å². The molecule has 2 N–H and O–H groups in total. The van der Waals surface area contributed by atoms with E-state index in [1.165, 1.54) is 19.2 Å². The van der Waals surface area contributed by atoms with Crippen LogP contribution in [-0.4, -0.2) is 32.9 Å². The minimum atomic E-state index is -3.63. The van der Waals surface area contributed by atoms with E-state index < -0.39 is 32.4 Å². The Balaban J connectivity index is 2.04. The zero-order chi connectivity index (χ0) is 16.7. The van der Waals surface area contributed by atoms with Gasteiger partial charge in [0.05, 0.1) is 22.3 Å². The van der Waals surface area contributed by atoms with Crippen LogP contribution in [0.2, 0.25) is 0 Å². The summed E-state index contributed by atoms with van der Waals surface area (Å²) >= 11 is 0. The molecule has 0 bridgehead atoms. The predicted molar refractivity (Wildman–Crippen MR) is 85.4 cm³/mol. The van der Waals surface area contributed by atoms with E-state index in [1.54, 1.807) is 42.5 Å². The van der Waals surface area contributed by atoms with E-state index in [4.69, 9.17) is 10.5 Å². The first-order valence-electron chi connectivity index (χ1n) is 7.23. The van der Waals surface area contributed by atoms with Gasteiger partial charge in [0.2, 0.25) is 0 Å². The van der Waals surface area contributed by atoms with Gasteiger partial charge >= 0.3 is 0 Å². The number of ether oxygens (including phenoxy) is 1. The molecule has 0 aliphatic heterocycles. The Kier molecular flexibility index (Phi) is 4.00. The second kappa shape index (κ2) is 5.70. The summed E-state index contributed by atoms with van der Waals surface area (Å²) in [6.07, 6.45) is 0. The van der Waals surface area contributed by atoms with Gasteiger partial charge in [-0.1, -0.05) is 30.3 Å². The van der Waals surface area contributed by atoms with Gasteiger partial charge in [-0.05, 0) is 29.8 Å². The van der Waals surface area contributed by atoms with Gasteiger partial charge in [0.1, 0.15) is 5.82 Å². The third-order valence-corrected chi connectivity index (χ3v) is 6.62. The van der Waals surface area contributed by atoms with Gasteiger partial charge in [-0.3, -0.25) is 0 Å². The van der Waals surface area contributed by atoms with Crippen LogP contribution in [0.15, 0.2) is 59.5 Å². The molecule has 3 atom stereocenters. The van der Waals surface area contributed by atoms with Crippen molar-refractivity contribution >= 4 is 9.84 Å². The number of sulfone groups is 1. The molecule has 3 rings (SSSR count). The molecule has 0 saturated heterocycles. The normalized spacial score (nSPS) is 26.9. The Labute approximate surface area is 135 Å². The van der Waals surface area contributed by atoms with E-state index in [0.717, 1.165) is 0 Å². The van der Waals surface area contributed by atoms with Crippen LogP contribution in [0.25, 0.3) is 0 Å². The Bertz CT molecular complexity index is 810. The summed E-state index contributed by atoms with van der Waals surface area (Å²) in [5.41, 5.74) is 5.84. The highest BCUT2D eigenvalue weighted by atomic mass is 32.2. The number of methoxy groups -OCH3 is 1. The zero-order valence-electron chi connectivity index (χ0n) is 12.6. The van der Waals surface area contributed by atoms with E-state index in [2.05, 4.69) is 0 Å². The van der Waals surface area contributed by atoms with E-state index in [0.29, 0.717) is 5.56 Å². The summed E-state index contributed by atoms with van der Waals surface area (Å²) in [5, 5.41) is -0.834. The Morgan fingerprint density at radius 3 is 2.48 bits per heavy atom. The number of nitrogens with two attached hydrogens (primary N) is 1. The Morgan fingerprint density at radius 2 is 1.87 bits per heavy atom. The van der Waals surface area contributed by atoms with Crippen molar-refractivity contribution in [2.75, 3.05) is 13.7 Å². The number of benzene rings is 2. The molecule has 122 valence electrons. The minimum Gasteiger partial charge on any atom is -0.383 e. The van der Waals surface area contributed by atoms with Crippen molar-refractivity contribution < 1.29 is 17.5 Å². The van der Waals surface area contributed by atoms with Crippen molar-refractivity contribution in [3.05, 3.63) is 66.0 Å². The van der Waals surface area contributed by atoms with Crippen molar-refractivity contribution in [2.24, 2.45) is 5.73 Å². The molecule has 23 heavy (non-hydrogen) atoms. The summed E-state index contributed by atoms with van der Waals surface area (Å²) in [6, 6.07) is 14.1. The second-order valence-electron chi connectivity index (χ2n) is 5.86. The molecule has 1 aliphatic carbocycles. The molecular weight excluding hydrogens is 317 g/mol. The average molecular weight is 335 g/mol. The Morgan fingerprint density at radius 1 is 1.17 bits per heavy atom. The highest BCUT2D eigenvalue weighted by Gasteiger charge is 2.69. The SMILES string of the molecule is COC[C@@]1(N)[C@@H](c2cccc(F)c2)[C@@H]1S(=O)(=O)c1ccccc1. The largest absolute Gasteiger partial charge is 0.383 e. The summed E-state index contributed by atoms with van der Waals surface area (Å²) in [5.74, 6) is -0.909. The number of hydrogen-bond acceptors (Lipinski definition) is 4. The third kappa shape index (κ3) is 2.67. The maximum absolute atomic E-state index is 13.5. The standard InChI is InChI=1S/C17H18FNO3S/c1-22-11-17(19)15(12-6-5-7-13(18)10-12)16(17)23(20,21)14-8-3-2-4-9-14/h2-10,15-16H,11,19H2,1H3/t15-,16-,17+/m0/s1. The quantitative estimate of drug-likeness (QED) is 0.908. The van der Waals surface area contributed by atoms with Crippen molar-refractivity contribution in [1.82, 2.24) is 0 Å². The first-order valence-corrected chi connectivity index (χ1v) is 8.78. The smallest absolute Gasteiger partial charge is 0.183 e. The molecule has 0 amide bonds. The van der Waals surface area contributed by atoms with E-state index in [9.17, 15) is 12.8 Å². The summed E-state index contributed by atoms with van der Waals surface area (Å²) in [4.78, 5) is 0.217. The van der Waals surface area contributed by atoms with Gasteiger partial charge in [0, 0.05) is 13.0 Å². The van der Waals surface area contributed by atoms with Crippen LogP contribution in [0.1, 0.15) is 11.5 Å². The van der Waals surface area contributed by atoms with Gasteiger partial charge in [-0.25, -0.2) is 12.8 Å². The van der Waals surface area contributed by atoms with Crippen LogP contribution >= 0.6 is 0 Å². The Hall–Kier alpha value is -1.76. The first kappa shape index (κ1) is 16.1. The number of rotatable bonds is 5. The molecule has 0 radical (unpaired) electrons. The third-order valence-electron chi connectivity index (χ3n) is 4.31. The lowest BCUT2D eigenvalue weighted by Gasteiger charge is -2.11. The fourth-order valence-electron chi connectivity index (χ4n) is 3.25. The average Bonchev–Trinajstić information content (AvgIpc) is 3.15. The van der Waals surface area contributed by atoms with Crippen molar-refractivity contribution in [3.8, 4) is 0 Å². The molecule has 0 aromatic heterocycles. The molecule has 2 aromatic rings. The predicted octanol–water partition coefficient (Wildman–Crippen LogP) is 2.11. The molecule has 0 spiro atoms. The van der Waals surface area contributed by atoms with Crippen LogP contribution in [0.3, 0.4) is 0 Å². The number of hydrogen-bond donors (Lipinski definition) is 1. The summed E-state index contributed by atoms with van der Waals surface area (Å²) in [6.45, 7) is 0.0882. The van der Waals surface area contributed by atoms with E-state index in [1.807, 2.05) is 0 Å². The van der Waals surface area contributed by atoms with Crippen LogP contribution in [0.5, 0.6) is 0 Å². The molecule has 0 unspecified atom stereocenters. The molecule has 1 saturated carbocycles. The summed E-state index contributed by atoms with van der Waals surface area (Å²) in [7, 11) is -2.16.